The molecular weight excluding hydrogens is 277 g/mol. The van der Waals surface area contributed by atoms with Crippen LogP contribution < -0.4 is 4.90 Å². The van der Waals surface area contributed by atoms with E-state index < -0.39 is 0 Å². The Morgan fingerprint density at radius 3 is 2.60 bits per heavy atom. The van der Waals surface area contributed by atoms with E-state index >= 15 is 0 Å². The van der Waals surface area contributed by atoms with Gasteiger partial charge in [-0.2, -0.15) is 0 Å². The highest BCUT2D eigenvalue weighted by Crippen LogP contribution is 2.40. The normalized spacial score (nSPS) is 14.4. The van der Waals surface area contributed by atoms with E-state index in [2.05, 4.69) is 9.97 Å². The molecule has 0 unspecified atom stereocenters. The fourth-order valence-corrected chi connectivity index (χ4v) is 2.35. The Morgan fingerprint density at radius 2 is 1.95 bits per heavy atom. The second kappa shape index (κ2) is 5.02. The first-order valence-corrected chi connectivity index (χ1v) is 6.98. The van der Waals surface area contributed by atoms with Gasteiger partial charge in [-0.1, -0.05) is 23.7 Å². The predicted octanol–water partition coefficient (Wildman–Crippen LogP) is 4.22. The number of hydrogen-bond acceptors (Lipinski definition) is 3. The Hall–Kier alpha value is -1.68. The Bertz CT molecular complexity index is 656. The average molecular weight is 292 g/mol. The zero-order valence-electron chi connectivity index (χ0n) is 11.4. The maximum Gasteiger partial charge on any atom is 0.146 e. The van der Waals surface area contributed by atoms with E-state index in [4.69, 9.17) is 11.6 Å². The quantitative estimate of drug-likeness (QED) is 0.793. The van der Waals surface area contributed by atoms with Gasteiger partial charge in [-0.15, -0.1) is 0 Å². The first-order chi connectivity index (χ1) is 9.58. The van der Waals surface area contributed by atoms with Gasteiger partial charge in [-0.05, 0) is 31.9 Å². The third kappa shape index (κ3) is 2.36. The lowest BCUT2D eigenvalue weighted by Gasteiger charge is -2.21. The lowest BCUT2D eigenvalue weighted by molar-refractivity contribution is 0.627. The van der Waals surface area contributed by atoms with Crippen LogP contribution in [0.5, 0.6) is 0 Å². The van der Waals surface area contributed by atoms with E-state index in [1.807, 2.05) is 6.92 Å². The Morgan fingerprint density at radius 1 is 1.25 bits per heavy atom. The number of anilines is 2. The van der Waals surface area contributed by atoms with Crippen LogP contribution >= 0.6 is 11.6 Å². The van der Waals surface area contributed by atoms with Crippen molar-refractivity contribution in [3.8, 4) is 0 Å². The maximum absolute atomic E-state index is 13.9. The number of hydrogen-bond donors (Lipinski definition) is 0. The summed E-state index contributed by atoms with van der Waals surface area (Å²) in [6.07, 6.45) is 2.20. The first-order valence-electron chi connectivity index (χ1n) is 6.60. The van der Waals surface area contributed by atoms with Crippen molar-refractivity contribution in [3.05, 3.63) is 46.6 Å². The molecular formula is C15H15ClFN3. The number of nitrogens with zero attached hydrogens (tertiary/aromatic N) is 3. The number of halogens is 2. The van der Waals surface area contributed by atoms with Gasteiger partial charge in [0, 0.05) is 18.5 Å². The van der Waals surface area contributed by atoms with E-state index in [0.717, 1.165) is 24.2 Å². The molecule has 0 radical (unpaired) electrons. The molecule has 0 bridgehead atoms. The van der Waals surface area contributed by atoms with E-state index in [0.29, 0.717) is 22.6 Å². The smallest absolute Gasteiger partial charge is 0.146 e. The predicted molar refractivity (Wildman–Crippen MR) is 78.2 cm³/mol. The third-order valence-corrected chi connectivity index (χ3v) is 3.92. The summed E-state index contributed by atoms with van der Waals surface area (Å²) >= 11 is 6.19. The molecule has 1 heterocycles. The fraction of sp³-hybridized carbons (Fsp3) is 0.333. The molecule has 0 aliphatic heterocycles. The van der Waals surface area contributed by atoms with Gasteiger partial charge >= 0.3 is 0 Å². The Balaban J connectivity index is 2.06. The molecule has 0 atom stereocenters. The van der Waals surface area contributed by atoms with Gasteiger partial charge in [0.05, 0.1) is 5.69 Å². The summed E-state index contributed by atoms with van der Waals surface area (Å²) in [4.78, 5) is 10.6. The number of aromatic nitrogens is 2. The molecule has 1 saturated carbocycles. The molecule has 1 aromatic heterocycles. The van der Waals surface area contributed by atoms with Crippen LogP contribution in [0.25, 0.3) is 0 Å². The molecule has 5 heteroatoms. The van der Waals surface area contributed by atoms with Crippen molar-refractivity contribution in [2.75, 3.05) is 11.9 Å². The second-order valence-electron chi connectivity index (χ2n) is 5.11. The van der Waals surface area contributed by atoms with E-state index in [9.17, 15) is 4.39 Å². The largest absolute Gasteiger partial charge is 0.327 e. The molecule has 1 aromatic carbocycles. The van der Waals surface area contributed by atoms with Crippen LogP contribution in [0.3, 0.4) is 0 Å². The van der Waals surface area contributed by atoms with Gasteiger partial charge in [-0.3, -0.25) is 0 Å². The number of benzene rings is 1. The van der Waals surface area contributed by atoms with Gasteiger partial charge in [0.2, 0.25) is 0 Å². The Kier molecular flexibility index (Phi) is 3.34. The Labute approximate surface area is 122 Å². The average Bonchev–Trinajstić information content (AvgIpc) is 3.26. The minimum absolute atomic E-state index is 0.280. The minimum Gasteiger partial charge on any atom is -0.327 e. The molecule has 104 valence electrons. The van der Waals surface area contributed by atoms with Crippen LogP contribution in [0.1, 0.15) is 30.1 Å². The highest BCUT2D eigenvalue weighted by atomic mass is 35.5. The summed E-state index contributed by atoms with van der Waals surface area (Å²) in [5.41, 5.74) is 1.24. The van der Waals surface area contributed by atoms with Crippen molar-refractivity contribution in [1.82, 2.24) is 9.97 Å². The summed E-state index contributed by atoms with van der Waals surface area (Å²) < 4.78 is 13.9. The standard InChI is InChI=1S/C15H15ClFN3/c1-9-13(16)18-14(10-7-8-10)19-15(9)20(2)12-6-4-3-5-11(12)17/h3-6,10H,7-8H2,1-2H3. The molecule has 1 aliphatic rings. The monoisotopic (exact) mass is 291 g/mol. The van der Waals surface area contributed by atoms with Gasteiger partial charge in [0.1, 0.15) is 22.6 Å². The van der Waals surface area contributed by atoms with Crippen molar-refractivity contribution in [2.45, 2.75) is 25.7 Å². The molecule has 0 spiro atoms. The van der Waals surface area contributed by atoms with Crippen LogP contribution in [0.4, 0.5) is 15.9 Å². The zero-order chi connectivity index (χ0) is 14.3. The van der Waals surface area contributed by atoms with Crippen molar-refractivity contribution in [1.29, 1.82) is 0 Å². The van der Waals surface area contributed by atoms with E-state index in [-0.39, 0.29) is 5.82 Å². The maximum atomic E-state index is 13.9. The second-order valence-corrected chi connectivity index (χ2v) is 5.46. The molecule has 1 fully saturated rings. The van der Waals surface area contributed by atoms with Gasteiger partial charge in [-0.25, -0.2) is 14.4 Å². The van der Waals surface area contributed by atoms with Crippen molar-refractivity contribution < 1.29 is 4.39 Å². The molecule has 2 aromatic rings. The minimum atomic E-state index is -0.280. The SMILES string of the molecule is Cc1c(Cl)nc(C2CC2)nc1N(C)c1ccccc1F. The molecule has 0 N–H and O–H groups in total. The number of para-hydroxylation sites is 1. The van der Waals surface area contributed by atoms with Crippen molar-refractivity contribution in [2.24, 2.45) is 0 Å². The molecule has 0 amide bonds. The highest BCUT2D eigenvalue weighted by Gasteiger charge is 2.28. The van der Waals surface area contributed by atoms with E-state index in [1.54, 1.807) is 30.1 Å². The van der Waals surface area contributed by atoms with Gasteiger partial charge in [0.25, 0.3) is 0 Å². The van der Waals surface area contributed by atoms with Gasteiger partial charge in [0.15, 0.2) is 0 Å². The van der Waals surface area contributed by atoms with Crippen LogP contribution in [-0.2, 0) is 0 Å². The fourth-order valence-electron chi connectivity index (χ4n) is 2.18. The molecule has 0 saturated heterocycles. The van der Waals surface area contributed by atoms with Crippen molar-refractivity contribution in [3.63, 3.8) is 0 Å². The van der Waals surface area contributed by atoms with Crippen LogP contribution in [0.15, 0.2) is 24.3 Å². The lowest BCUT2D eigenvalue weighted by atomic mass is 10.2. The highest BCUT2D eigenvalue weighted by molar-refractivity contribution is 6.30. The molecule has 20 heavy (non-hydrogen) atoms. The van der Waals surface area contributed by atoms with Crippen LogP contribution in [0, 0.1) is 12.7 Å². The summed E-state index contributed by atoms with van der Waals surface area (Å²) in [5, 5.41) is 0.445. The summed E-state index contributed by atoms with van der Waals surface area (Å²) in [6, 6.07) is 6.63. The molecule has 3 nitrogen and oxygen atoms in total. The van der Waals surface area contributed by atoms with Crippen LogP contribution in [-0.4, -0.2) is 17.0 Å². The van der Waals surface area contributed by atoms with Crippen LogP contribution in [0.2, 0.25) is 5.15 Å². The first kappa shape index (κ1) is 13.3. The van der Waals surface area contributed by atoms with Gasteiger partial charge < -0.3 is 4.90 Å². The number of rotatable bonds is 3. The molecule has 3 rings (SSSR count). The third-order valence-electron chi connectivity index (χ3n) is 3.55. The topological polar surface area (TPSA) is 29.0 Å². The van der Waals surface area contributed by atoms with E-state index in [1.165, 1.54) is 6.07 Å². The summed E-state index contributed by atoms with van der Waals surface area (Å²) in [5.74, 6) is 1.55. The molecule has 1 aliphatic carbocycles. The van der Waals surface area contributed by atoms with Crippen molar-refractivity contribution >= 4 is 23.1 Å². The zero-order valence-corrected chi connectivity index (χ0v) is 12.2. The summed E-state index contributed by atoms with van der Waals surface area (Å²) in [7, 11) is 1.79. The summed E-state index contributed by atoms with van der Waals surface area (Å²) in [6.45, 7) is 1.85. The lowest BCUT2D eigenvalue weighted by Crippen LogP contribution is -2.16.